The Bertz CT molecular complexity index is 1460. The molecule has 1 fully saturated rings. The van der Waals surface area contributed by atoms with Crippen molar-refractivity contribution in [3.05, 3.63) is 95.3 Å². The number of carbonyl (C=O) groups excluding carboxylic acids is 2. The first-order valence-electron chi connectivity index (χ1n) is 11.2. The minimum absolute atomic E-state index is 0.00338. The van der Waals surface area contributed by atoms with Crippen molar-refractivity contribution in [3.8, 4) is 0 Å². The summed E-state index contributed by atoms with van der Waals surface area (Å²) >= 11 is 0. The van der Waals surface area contributed by atoms with Crippen LogP contribution in [0.5, 0.6) is 0 Å². The molecule has 2 aliphatic heterocycles. The molecule has 2 bridgehead atoms. The molecule has 190 valence electrons. The quantitative estimate of drug-likeness (QED) is 0.356. The molecule has 0 aromatic heterocycles. The number of sulfonamides is 1. The van der Waals surface area contributed by atoms with Gasteiger partial charge in [-0.1, -0.05) is 36.4 Å². The van der Waals surface area contributed by atoms with Crippen molar-refractivity contribution in [1.29, 1.82) is 0 Å². The van der Waals surface area contributed by atoms with Crippen LogP contribution in [0.15, 0.2) is 82.7 Å². The zero-order chi connectivity index (χ0) is 26.0. The summed E-state index contributed by atoms with van der Waals surface area (Å²) in [5.74, 6) is -2.40. The van der Waals surface area contributed by atoms with E-state index in [2.05, 4.69) is 15.0 Å². The van der Waals surface area contributed by atoms with Gasteiger partial charge in [0.15, 0.2) is 0 Å². The van der Waals surface area contributed by atoms with Crippen LogP contribution < -0.4 is 10.0 Å². The third-order valence-electron chi connectivity index (χ3n) is 5.66. The number of carbonyl (C=O) groups is 2. The van der Waals surface area contributed by atoms with Crippen LogP contribution in [0.1, 0.15) is 16.7 Å². The van der Waals surface area contributed by atoms with Crippen molar-refractivity contribution < 1.29 is 32.0 Å². The Morgan fingerprint density at radius 2 is 1.51 bits per heavy atom. The van der Waals surface area contributed by atoms with Crippen LogP contribution in [0, 0.1) is 5.82 Å². The van der Waals surface area contributed by atoms with Crippen molar-refractivity contribution in [1.82, 2.24) is 9.79 Å². The first kappa shape index (κ1) is 24.4. The van der Waals surface area contributed by atoms with Crippen LogP contribution in [0.2, 0.25) is 0 Å². The largest absolute Gasteiger partial charge is 0.441 e. The summed E-state index contributed by atoms with van der Waals surface area (Å²) < 4.78 is 45.2. The molecule has 0 radical (unpaired) electrons. The fraction of sp³-hybridized carbons (Fsp3) is 0.160. The van der Waals surface area contributed by atoms with E-state index in [1.165, 1.54) is 17.2 Å². The highest BCUT2D eigenvalue weighted by Gasteiger charge is 2.38. The number of anilines is 1. The fourth-order valence-corrected chi connectivity index (χ4v) is 4.76. The lowest BCUT2D eigenvalue weighted by atomic mass is 10.0. The lowest BCUT2D eigenvalue weighted by molar-refractivity contribution is -0.179. The van der Waals surface area contributed by atoms with E-state index < -0.39 is 34.0 Å². The molecule has 0 saturated carbocycles. The number of rotatable bonds is 7. The molecule has 37 heavy (non-hydrogen) atoms. The van der Waals surface area contributed by atoms with Gasteiger partial charge in [0.1, 0.15) is 12.4 Å². The van der Waals surface area contributed by atoms with E-state index in [1.807, 2.05) is 48.5 Å². The summed E-state index contributed by atoms with van der Waals surface area (Å²) in [5.41, 5.74) is 3.57. The van der Waals surface area contributed by atoms with E-state index in [0.29, 0.717) is 12.1 Å². The molecule has 5 rings (SSSR count). The predicted octanol–water partition coefficient (Wildman–Crippen LogP) is 2.32. The average Bonchev–Trinajstić information content (AvgIpc) is 3.18. The molecular weight excluding hydrogens is 503 g/mol. The maximum atomic E-state index is 13.0. The fourth-order valence-electron chi connectivity index (χ4n) is 3.74. The maximum Gasteiger partial charge on any atom is 0.441 e. The van der Waals surface area contributed by atoms with Gasteiger partial charge < -0.3 is 14.9 Å². The Balaban J connectivity index is 1.15. The number of esters is 1. The van der Waals surface area contributed by atoms with Crippen molar-refractivity contribution in [2.24, 2.45) is 4.99 Å². The van der Waals surface area contributed by atoms with E-state index >= 15 is 0 Å². The minimum atomic E-state index is -3.74. The van der Waals surface area contributed by atoms with Crippen LogP contribution in [-0.4, -0.2) is 44.2 Å². The molecule has 0 spiro atoms. The summed E-state index contributed by atoms with van der Waals surface area (Å²) in [6, 6.07) is 19.8. The van der Waals surface area contributed by atoms with E-state index in [4.69, 9.17) is 9.57 Å². The Morgan fingerprint density at radius 1 is 0.892 bits per heavy atom. The molecule has 1 unspecified atom stereocenters. The van der Waals surface area contributed by atoms with E-state index in [9.17, 15) is 22.4 Å². The third-order valence-corrected chi connectivity index (χ3v) is 7.08. The van der Waals surface area contributed by atoms with Gasteiger partial charge in [-0.25, -0.2) is 32.1 Å². The highest BCUT2D eigenvalue weighted by atomic mass is 32.2. The number of nitrogens with zero attached hydrogens (tertiary/aromatic N) is 2. The van der Waals surface area contributed by atoms with Gasteiger partial charge >= 0.3 is 11.9 Å². The Hall–Kier alpha value is -4.29. The lowest BCUT2D eigenvalue weighted by Crippen LogP contribution is -2.36. The van der Waals surface area contributed by atoms with E-state index in [1.54, 1.807) is 0 Å². The second-order valence-electron chi connectivity index (χ2n) is 8.35. The Morgan fingerprint density at radius 3 is 2.19 bits per heavy atom. The highest BCUT2D eigenvalue weighted by Crippen LogP contribution is 2.20. The number of halogens is 1. The van der Waals surface area contributed by atoms with Gasteiger partial charge in [-0.15, -0.1) is 0 Å². The number of fused-ring (bicyclic) bond motifs is 2. The lowest BCUT2D eigenvalue weighted by Gasteiger charge is -2.17. The smallest absolute Gasteiger partial charge is 0.429 e. The number of hydrogen-bond donors (Lipinski definition) is 2. The van der Waals surface area contributed by atoms with Crippen molar-refractivity contribution in [3.63, 3.8) is 0 Å². The molecule has 2 N–H and O–H groups in total. The van der Waals surface area contributed by atoms with Crippen molar-refractivity contribution in [2.45, 2.75) is 24.1 Å². The first-order valence-corrected chi connectivity index (χ1v) is 12.7. The van der Waals surface area contributed by atoms with Gasteiger partial charge in [-0.3, -0.25) is 0 Å². The molecule has 12 heteroatoms. The van der Waals surface area contributed by atoms with Gasteiger partial charge in [0.25, 0.3) is 0 Å². The summed E-state index contributed by atoms with van der Waals surface area (Å²) in [6.45, 7) is 0.234. The van der Waals surface area contributed by atoms with E-state index in [-0.39, 0.29) is 23.9 Å². The predicted molar refractivity (Wildman–Crippen MR) is 130 cm³/mol. The molecule has 1 atom stereocenters. The number of guanidine groups is 1. The summed E-state index contributed by atoms with van der Waals surface area (Å²) in [6.07, 6.45) is -0.146. The van der Waals surface area contributed by atoms with Crippen LogP contribution in [0.3, 0.4) is 0 Å². The molecule has 0 amide bonds. The number of nitrogens with one attached hydrogen (secondary N) is 2. The standard InChI is InChI=1S/C25H21FN4O6S/c26-19-7-11-21(12-8-19)37(33,34)27-14-18-3-1-16(2-4-18)13-17-5-9-20(10-6-17)28-25-29-22-15-30(25)36-24(32)23(31)35-22/h1-12,22,27H,13-15H2,(H,28,29). The molecule has 1 saturated heterocycles. The van der Waals surface area contributed by atoms with Gasteiger partial charge in [-0.2, -0.15) is 5.06 Å². The van der Waals surface area contributed by atoms with E-state index in [0.717, 1.165) is 28.8 Å². The highest BCUT2D eigenvalue weighted by molar-refractivity contribution is 7.89. The van der Waals surface area contributed by atoms with Crippen molar-refractivity contribution in [2.75, 3.05) is 11.9 Å². The Kier molecular flexibility index (Phi) is 6.59. The molecule has 10 nitrogen and oxygen atoms in total. The van der Waals surface area contributed by atoms with Crippen molar-refractivity contribution >= 4 is 33.6 Å². The number of hydrogen-bond acceptors (Lipinski definition) is 9. The zero-order valence-electron chi connectivity index (χ0n) is 19.3. The molecule has 2 aliphatic rings. The molecular formula is C25H21FN4O6S. The monoisotopic (exact) mass is 524 g/mol. The van der Waals surface area contributed by atoms with Crippen LogP contribution in [-0.2, 0) is 42.2 Å². The van der Waals surface area contributed by atoms with Crippen LogP contribution in [0.4, 0.5) is 10.1 Å². The van der Waals surface area contributed by atoms with Gasteiger partial charge in [0.2, 0.25) is 22.2 Å². The molecule has 2 heterocycles. The average molecular weight is 525 g/mol. The maximum absolute atomic E-state index is 13.0. The normalized spacial score (nSPS) is 17.1. The molecule has 3 aromatic carbocycles. The van der Waals surface area contributed by atoms with Crippen LogP contribution in [0.25, 0.3) is 0 Å². The number of ether oxygens (including phenoxy) is 1. The summed E-state index contributed by atoms with van der Waals surface area (Å²) in [5, 5.41) is 4.24. The number of aliphatic imine (C=N–C) groups is 1. The second-order valence-corrected chi connectivity index (χ2v) is 10.1. The number of hydroxylamine groups is 2. The zero-order valence-corrected chi connectivity index (χ0v) is 20.1. The minimum Gasteiger partial charge on any atom is -0.429 e. The first-order chi connectivity index (χ1) is 17.7. The molecule has 0 aliphatic carbocycles. The third kappa shape index (κ3) is 5.76. The van der Waals surface area contributed by atoms with Gasteiger partial charge in [0, 0.05) is 12.2 Å². The van der Waals surface area contributed by atoms with Crippen LogP contribution >= 0.6 is 0 Å². The van der Waals surface area contributed by atoms with Gasteiger partial charge in [0.05, 0.1) is 4.90 Å². The Labute approximate surface area is 211 Å². The topological polar surface area (TPSA) is 126 Å². The van der Waals surface area contributed by atoms with Gasteiger partial charge in [-0.05, 0) is 59.5 Å². The SMILES string of the molecule is O=C1OC2CN(OC1=O)C(Nc1ccc(Cc3ccc(CNS(=O)(=O)c4ccc(F)cc4)cc3)cc1)=N2. The summed E-state index contributed by atoms with van der Waals surface area (Å²) in [4.78, 5) is 32.0. The number of benzene rings is 3. The second kappa shape index (κ2) is 9.99. The molecule has 3 aromatic rings. The summed E-state index contributed by atoms with van der Waals surface area (Å²) in [7, 11) is -3.74.